The molecule has 9 heteroatoms. The number of carbonyl (C=O) groups is 2. The Morgan fingerprint density at radius 3 is 2.24 bits per heavy atom. The molecule has 0 unspecified atom stereocenters. The van der Waals surface area contributed by atoms with Crippen LogP contribution in [0.25, 0.3) is 0 Å². The van der Waals surface area contributed by atoms with Crippen molar-refractivity contribution in [2.45, 2.75) is 32.1 Å². The second kappa shape index (κ2) is 10.4. The smallest absolute Gasteiger partial charge is 0.262 e. The zero-order valence-corrected chi connectivity index (χ0v) is 20.1. The zero-order chi connectivity index (χ0) is 24.2. The third-order valence-corrected chi connectivity index (χ3v) is 7.39. The number of ether oxygens (including phenoxy) is 2. The molecule has 8 nitrogen and oxygen atoms in total. The van der Waals surface area contributed by atoms with Crippen LogP contribution in [0.15, 0.2) is 47.4 Å². The van der Waals surface area contributed by atoms with E-state index in [1.807, 2.05) is 0 Å². The molecule has 178 valence electrons. The molecule has 2 atom stereocenters. The summed E-state index contributed by atoms with van der Waals surface area (Å²) in [5.41, 5.74) is 0.939. The Balaban J connectivity index is 1.61. The van der Waals surface area contributed by atoms with E-state index in [1.165, 1.54) is 30.5 Å². The van der Waals surface area contributed by atoms with E-state index >= 15 is 0 Å². The summed E-state index contributed by atoms with van der Waals surface area (Å²) in [6.45, 7) is 6.32. The third-order valence-electron chi connectivity index (χ3n) is 5.54. The number of carbonyl (C=O) groups excluding carboxylic acids is 2. The molecular weight excluding hydrogens is 444 g/mol. The van der Waals surface area contributed by atoms with Gasteiger partial charge >= 0.3 is 0 Å². The topological polar surface area (TPSA) is 102 Å². The molecule has 33 heavy (non-hydrogen) atoms. The SMILES string of the molecule is COc1cc(C(C)=O)ccc1OCC(=O)Nc1ccc(S(=O)(=O)N2C[C@H](C)C[C@H](C)C2)cc1. The molecule has 1 aliphatic heterocycles. The standard InChI is InChI=1S/C24H30N2O6S/c1-16-11-17(2)14-26(13-16)33(29,30)21-8-6-20(7-9-21)25-24(28)15-32-22-10-5-19(18(3)27)12-23(22)31-4/h5-10,12,16-17H,11,13-15H2,1-4H3,(H,25,28)/t16-,17+. The molecule has 0 radical (unpaired) electrons. The van der Waals surface area contributed by atoms with Crippen LogP contribution in [0.5, 0.6) is 11.5 Å². The first-order valence-electron chi connectivity index (χ1n) is 10.8. The van der Waals surface area contributed by atoms with Gasteiger partial charge in [0.1, 0.15) is 0 Å². The highest BCUT2D eigenvalue weighted by atomic mass is 32.2. The van der Waals surface area contributed by atoms with Crippen LogP contribution in [0.1, 0.15) is 37.6 Å². The van der Waals surface area contributed by atoms with Crippen LogP contribution in [-0.4, -0.2) is 51.2 Å². The molecule has 1 aliphatic rings. The monoisotopic (exact) mass is 474 g/mol. The van der Waals surface area contributed by atoms with Crippen molar-refractivity contribution < 1.29 is 27.5 Å². The van der Waals surface area contributed by atoms with Gasteiger partial charge in [-0.05, 0) is 67.6 Å². The third kappa shape index (κ3) is 6.11. The normalized spacial score (nSPS) is 19.0. The Labute approximate surface area is 194 Å². The minimum Gasteiger partial charge on any atom is -0.493 e. The summed E-state index contributed by atoms with van der Waals surface area (Å²) < 4.78 is 38.3. The minimum atomic E-state index is -3.58. The number of benzene rings is 2. The molecule has 0 saturated carbocycles. The quantitative estimate of drug-likeness (QED) is 0.587. The lowest BCUT2D eigenvalue weighted by Crippen LogP contribution is -2.42. The van der Waals surface area contributed by atoms with E-state index in [9.17, 15) is 18.0 Å². The van der Waals surface area contributed by atoms with Gasteiger partial charge in [0.25, 0.3) is 5.91 Å². The van der Waals surface area contributed by atoms with E-state index in [0.29, 0.717) is 47.7 Å². The van der Waals surface area contributed by atoms with Crippen LogP contribution >= 0.6 is 0 Å². The van der Waals surface area contributed by atoms with Crippen LogP contribution in [0.3, 0.4) is 0 Å². The highest BCUT2D eigenvalue weighted by molar-refractivity contribution is 7.89. The van der Waals surface area contributed by atoms with Crippen molar-refractivity contribution >= 4 is 27.4 Å². The van der Waals surface area contributed by atoms with Crippen molar-refractivity contribution in [1.29, 1.82) is 0 Å². The second-order valence-corrected chi connectivity index (χ2v) is 10.5. The van der Waals surface area contributed by atoms with Gasteiger partial charge in [-0.3, -0.25) is 9.59 Å². The number of ketones is 1. The molecule has 2 aromatic carbocycles. The second-order valence-electron chi connectivity index (χ2n) is 8.55. The number of nitrogens with zero attached hydrogens (tertiary/aromatic N) is 1. The summed E-state index contributed by atoms with van der Waals surface area (Å²) in [6, 6.07) is 10.8. The number of Topliss-reactive ketones (excluding diaryl/α,β-unsaturated/α-hetero) is 1. The van der Waals surface area contributed by atoms with Gasteiger partial charge in [-0.2, -0.15) is 4.31 Å². The fraction of sp³-hybridized carbons (Fsp3) is 0.417. The molecule has 1 heterocycles. The van der Waals surface area contributed by atoms with Crippen LogP contribution in [-0.2, 0) is 14.8 Å². The predicted molar refractivity (Wildman–Crippen MR) is 125 cm³/mol. The van der Waals surface area contributed by atoms with E-state index in [-0.39, 0.29) is 17.3 Å². The summed E-state index contributed by atoms with van der Waals surface area (Å²) in [5.74, 6) is 0.809. The largest absolute Gasteiger partial charge is 0.493 e. The molecular formula is C24H30N2O6S. The van der Waals surface area contributed by atoms with Crippen molar-refractivity contribution in [3.05, 3.63) is 48.0 Å². The lowest BCUT2D eigenvalue weighted by molar-refractivity contribution is -0.118. The fourth-order valence-electron chi connectivity index (χ4n) is 4.01. The number of hydrogen-bond donors (Lipinski definition) is 1. The first-order valence-corrected chi connectivity index (χ1v) is 12.3. The van der Waals surface area contributed by atoms with E-state index in [2.05, 4.69) is 19.2 Å². The first-order chi connectivity index (χ1) is 15.6. The molecule has 0 aliphatic carbocycles. The maximum atomic E-state index is 13.0. The highest BCUT2D eigenvalue weighted by Gasteiger charge is 2.31. The maximum absolute atomic E-state index is 13.0. The maximum Gasteiger partial charge on any atom is 0.262 e. The number of rotatable bonds is 8. The van der Waals surface area contributed by atoms with Gasteiger partial charge in [-0.1, -0.05) is 13.8 Å². The molecule has 1 amide bonds. The van der Waals surface area contributed by atoms with Gasteiger partial charge in [0.05, 0.1) is 12.0 Å². The summed E-state index contributed by atoms with van der Waals surface area (Å²) in [6.07, 6.45) is 1.02. The number of nitrogens with one attached hydrogen (secondary N) is 1. The number of methoxy groups -OCH3 is 1. The van der Waals surface area contributed by atoms with Crippen molar-refractivity contribution in [3.63, 3.8) is 0 Å². The fourth-order valence-corrected chi connectivity index (χ4v) is 5.69. The van der Waals surface area contributed by atoms with E-state index < -0.39 is 15.9 Å². The molecule has 0 bridgehead atoms. The Kier molecular flexibility index (Phi) is 7.76. The van der Waals surface area contributed by atoms with Crippen molar-refractivity contribution in [1.82, 2.24) is 4.31 Å². The Hall–Kier alpha value is -2.91. The Bertz CT molecular complexity index is 1100. The first kappa shape index (κ1) is 24.7. The van der Waals surface area contributed by atoms with Gasteiger partial charge in [0, 0.05) is 24.3 Å². The minimum absolute atomic E-state index is 0.104. The summed E-state index contributed by atoms with van der Waals surface area (Å²) >= 11 is 0. The van der Waals surface area contributed by atoms with Crippen molar-refractivity contribution in [2.75, 3.05) is 32.1 Å². The zero-order valence-electron chi connectivity index (χ0n) is 19.3. The van der Waals surface area contributed by atoms with Gasteiger partial charge in [-0.15, -0.1) is 0 Å². The van der Waals surface area contributed by atoms with Gasteiger partial charge in [-0.25, -0.2) is 8.42 Å². The number of piperidine rings is 1. The summed E-state index contributed by atoms with van der Waals surface area (Å²) in [7, 11) is -2.13. The van der Waals surface area contributed by atoms with Gasteiger partial charge < -0.3 is 14.8 Å². The van der Waals surface area contributed by atoms with Crippen molar-refractivity contribution in [2.24, 2.45) is 11.8 Å². The molecule has 0 aromatic heterocycles. The van der Waals surface area contributed by atoms with Crippen LogP contribution in [0, 0.1) is 11.8 Å². The predicted octanol–water partition coefficient (Wildman–Crippen LogP) is 3.58. The lowest BCUT2D eigenvalue weighted by atomic mass is 9.94. The van der Waals surface area contributed by atoms with Crippen LogP contribution in [0.2, 0.25) is 0 Å². The van der Waals surface area contributed by atoms with Crippen LogP contribution in [0.4, 0.5) is 5.69 Å². The molecule has 3 rings (SSSR count). The number of anilines is 1. The number of amides is 1. The molecule has 2 aromatic rings. The molecule has 1 N–H and O–H groups in total. The van der Waals surface area contributed by atoms with Crippen LogP contribution < -0.4 is 14.8 Å². The molecule has 0 spiro atoms. The van der Waals surface area contributed by atoms with Gasteiger partial charge in [0.15, 0.2) is 23.9 Å². The molecule has 1 fully saturated rings. The van der Waals surface area contributed by atoms with Gasteiger partial charge in [0.2, 0.25) is 10.0 Å². The van der Waals surface area contributed by atoms with E-state index in [0.717, 1.165) is 6.42 Å². The van der Waals surface area contributed by atoms with E-state index in [4.69, 9.17) is 9.47 Å². The summed E-state index contributed by atoms with van der Waals surface area (Å²) in [4.78, 5) is 24.0. The highest BCUT2D eigenvalue weighted by Crippen LogP contribution is 2.29. The Morgan fingerprint density at radius 2 is 1.67 bits per heavy atom. The summed E-state index contributed by atoms with van der Waals surface area (Å²) in [5, 5.41) is 2.68. The van der Waals surface area contributed by atoms with Crippen molar-refractivity contribution in [3.8, 4) is 11.5 Å². The van der Waals surface area contributed by atoms with E-state index in [1.54, 1.807) is 30.3 Å². The lowest BCUT2D eigenvalue weighted by Gasteiger charge is -2.34. The Morgan fingerprint density at radius 1 is 1.03 bits per heavy atom. The average Bonchev–Trinajstić information content (AvgIpc) is 2.77. The average molecular weight is 475 g/mol. The molecule has 1 saturated heterocycles. The number of sulfonamides is 1. The number of hydrogen-bond acceptors (Lipinski definition) is 6.